The maximum atomic E-state index is 12.4. The lowest BCUT2D eigenvalue weighted by Gasteiger charge is -2.21. The van der Waals surface area contributed by atoms with Gasteiger partial charge in [-0.2, -0.15) is 11.8 Å². The van der Waals surface area contributed by atoms with Gasteiger partial charge in [0.25, 0.3) is 0 Å². The van der Waals surface area contributed by atoms with Gasteiger partial charge < -0.3 is 19.5 Å². The quantitative estimate of drug-likeness (QED) is 0.0748. The Labute approximate surface area is 350 Å². The fourth-order valence-electron chi connectivity index (χ4n) is 7.52. The predicted octanol–water partition coefficient (Wildman–Crippen LogP) is 9.94. The number of nitrogens with one attached hydrogen (secondary N) is 1. The van der Waals surface area contributed by atoms with Gasteiger partial charge >= 0.3 is 5.63 Å². The Kier molecular flexibility index (Phi) is 16.7. The predicted molar refractivity (Wildman–Crippen MR) is 245 cm³/mol. The Morgan fingerprint density at radius 3 is 2.21 bits per heavy atom. The molecule has 2 aliphatic rings. The molecule has 2 aliphatic heterocycles. The van der Waals surface area contributed by atoms with Crippen molar-refractivity contribution in [2.45, 2.75) is 109 Å². The zero-order valence-corrected chi connectivity index (χ0v) is 37.9. The Hall–Kier alpha value is -4.09. The van der Waals surface area contributed by atoms with E-state index in [0.29, 0.717) is 22.3 Å². The summed E-state index contributed by atoms with van der Waals surface area (Å²) in [5.74, 6) is 2.25. The van der Waals surface area contributed by atoms with E-state index in [9.17, 15) is 22.8 Å². The summed E-state index contributed by atoms with van der Waals surface area (Å²) >= 11 is 2.11. The lowest BCUT2D eigenvalue weighted by atomic mass is 9.93. The molecule has 2 saturated heterocycles. The lowest BCUT2D eigenvalue weighted by Crippen LogP contribution is -2.26. The van der Waals surface area contributed by atoms with Crippen LogP contribution < -0.4 is 20.7 Å². The van der Waals surface area contributed by atoms with Crippen LogP contribution in [0.1, 0.15) is 97.9 Å². The second-order valence-corrected chi connectivity index (χ2v) is 20.2. The van der Waals surface area contributed by atoms with E-state index in [4.69, 9.17) is 4.42 Å². The van der Waals surface area contributed by atoms with Crippen molar-refractivity contribution >= 4 is 66.3 Å². The highest BCUT2D eigenvalue weighted by molar-refractivity contribution is 8.00. The molecule has 0 saturated carbocycles. The minimum absolute atomic E-state index is 0.132. The van der Waals surface area contributed by atoms with Gasteiger partial charge in [-0.1, -0.05) is 65.0 Å². The number of carbonyl (C=O) groups excluding carboxylic acids is 2. The molecule has 58 heavy (non-hydrogen) atoms. The van der Waals surface area contributed by atoms with Crippen molar-refractivity contribution in [1.29, 1.82) is 0 Å². The second-order valence-electron chi connectivity index (χ2n) is 16.4. The summed E-state index contributed by atoms with van der Waals surface area (Å²) in [5, 5.41) is 6.41. The van der Waals surface area contributed by atoms with Crippen LogP contribution in [0.4, 0.5) is 11.4 Å². The van der Waals surface area contributed by atoms with E-state index in [2.05, 4.69) is 42.4 Å². The largest absolute Gasteiger partial charge is 0.422 e. The van der Waals surface area contributed by atoms with E-state index < -0.39 is 20.7 Å². The molecule has 0 bridgehead atoms. The number of carbonyl (C=O) groups is 2. The molecular weight excluding hydrogens is 767 g/mol. The average Bonchev–Trinajstić information content (AvgIpc) is 3.74. The SMILES string of the molecule is C=C1C[C@H]2[C@H](CCCCC(=O)C(C)C)SC[C@H]2N1.CC(C)S(=O)(=O)c1cccc2c(N(C)C)cccc12.CCN(CC)c1ccc2cc(C(=O)C(C)C)c(=O)oc2c1. The molecule has 6 rings (SSSR count). The van der Waals surface area contributed by atoms with Crippen molar-refractivity contribution in [2.24, 2.45) is 17.8 Å². The van der Waals surface area contributed by atoms with Gasteiger partial charge in [-0.05, 0) is 83.2 Å². The number of sulfone groups is 1. The van der Waals surface area contributed by atoms with Gasteiger partial charge in [0.2, 0.25) is 0 Å². The molecule has 316 valence electrons. The third-order valence-corrected chi connectivity index (χ3v) is 14.8. The Morgan fingerprint density at radius 1 is 0.914 bits per heavy atom. The summed E-state index contributed by atoms with van der Waals surface area (Å²) in [6.07, 6.45) is 5.47. The molecule has 0 radical (unpaired) electrons. The average molecular weight is 832 g/mol. The summed E-state index contributed by atoms with van der Waals surface area (Å²) in [4.78, 5) is 40.1. The fourth-order valence-corrected chi connectivity index (χ4v) is 10.4. The minimum Gasteiger partial charge on any atom is -0.422 e. The van der Waals surface area contributed by atoms with Gasteiger partial charge in [-0.25, -0.2) is 13.2 Å². The number of unbranched alkanes of at least 4 members (excludes halogenated alkanes) is 1. The summed E-state index contributed by atoms with van der Waals surface area (Å²) in [7, 11) is 0.649. The van der Waals surface area contributed by atoms with E-state index in [0.717, 1.165) is 71.1 Å². The topological polar surface area (TPSA) is 117 Å². The van der Waals surface area contributed by atoms with Crippen molar-refractivity contribution in [2.75, 3.05) is 42.7 Å². The smallest absolute Gasteiger partial charge is 0.347 e. The molecule has 3 heterocycles. The first-order valence-electron chi connectivity index (χ1n) is 20.8. The number of fused-ring (bicyclic) bond motifs is 3. The maximum absolute atomic E-state index is 12.4. The Bertz CT molecular complexity index is 2220. The fraction of sp³-hybridized carbons (Fsp3) is 0.511. The van der Waals surface area contributed by atoms with Crippen LogP contribution in [-0.2, 0) is 14.6 Å². The van der Waals surface area contributed by atoms with E-state index in [-0.39, 0.29) is 23.2 Å². The van der Waals surface area contributed by atoms with Gasteiger partial charge in [0.15, 0.2) is 15.6 Å². The van der Waals surface area contributed by atoms with Crippen LogP contribution in [-0.4, -0.2) is 69.5 Å². The number of rotatable bonds is 14. The number of nitrogens with zero attached hydrogens (tertiary/aromatic N) is 2. The maximum Gasteiger partial charge on any atom is 0.347 e. The van der Waals surface area contributed by atoms with Gasteiger partial charge in [-0.3, -0.25) is 9.59 Å². The zero-order valence-electron chi connectivity index (χ0n) is 36.3. The number of hydrogen-bond donors (Lipinski definition) is 1. The summed E-state index contributed by atoms with van der Waals surface area (Å²) < 4.78 is 30.2. The van der Waals surface area contributed by atoms with Crippen LogP contribution >= 0.6 is 11.8 Å². The van der Waals surface area contributed by atoms with Crippen LogP contribution in [0.3, 0.4) is 0 Å². The molecule has 1 aromatic heterocycles. The monoisotopic (exact) mass is 831 g/mol. The zero-order chi connectivity index (χ0) is 42.9. The van der Waals surface area contributed by atoms with Gasteiger partial charge in [0.05, 0.1) is 10.1 Å². The third kappa shape index (κ3) is 11.3. The summed E-state index contributed by atoms with van der Waals surface area (Å²) in [6.45, 7) is 20.9. The first-order valence-corrected chi connectivity index (χ1v) is 23.4. The Balaban J connectivity index is 0.000000193. The normalized spacial score (nSPS) is 17.5. The minimum atomic E-state index is -3.26. The highest BCUT2D eigenvalue weighted by atomic mass is 32.2. The number of benzene rings is 3. The van der Waals surface area contributed by atoms with Gasteiger partial charge in [0, 0.05) is 102 Å². The van der Waals surface area contributed by atoms with E-state index >= 15 is 0 Å². The van der Waals surface area contributed by atoms with Crippen LogP contribution in [0.15, 0.2) is 87.0 Å². The van der Waals surface area contributed by atoms with Crippen LogP contribution in [0.2, 0.25) is 0 Å². The first kappa shape index (κ1) is 46.6. The number of hydrogen-bond acceptors (Lipinski definition) is 10. The van der Waals surface area contributed by atoms with E-state index in [1.165, 1.54) is 24.3 Å². The highest BCUT2D eigenvalue weighted by Gasteiger charge is 2.40. The van der Waals surface area contributed by atoms with Crippen LogP contribution in [0.5, 0.6) is 0 Å². The summed E-state index contributed by atoms with van der Waals surface area (Å²) in [5.41, 5.74) is 3.36. The number of thioether (sulfide) groups is 1. The first-order chi connectivity index (χ1) is 27.4. The van der Waals surface area contributed by atoms with Crippen LogP contribution in [0.25, 0.3) is 21.7 Å². The third-order valence-electron chi connectivity index (χ3n) is 11.1. The molecule has 3 atom stereocenters. The molecule has 1 N–H and O–H groups in total. The molecular formula is C47H65N3O6S2. The van der Waals surface area contributed by atoms with Gasteiger partial charge in [0.1, 0.15) is 16.9 Å². The molecule has 3 aromatic carbocycles. The molecule has 0 aliphatic carbocycles. The lowest BCUT2D eigenvalue weighted by molar-refractivity contribution is -0.122. The number of allylic oxidation sites excluding steroid dienone is 1. The molecule has 0 unspecified atom stereocenters. The van der Waals surface area contributed by atoms with E-state index in [1.54, 1.807) is 39.8 Å². The number of anilines is 2. The second kappa shape index (κ2) is 20.7. The number of ketones is 2. The molecule has 0 amide bonds. The van der Waals surface area contributed by atoms with E-state index in [1.807, 2.05) is 81.4 Å². The summed E-state index contributed by atoms with van der Waals surface area (Å²) in [6, 6.07) is 19.3. The molecule has 0 spiro atoms. The van der Waals surface area contributed by atoms with Crippen LogP contribution in [0, 0.1) is 17.8 Å². The number of Topliss-reactive ketones (excluding diaryl/α,β-unsaturated/α-hetero) is 2. The van der Waals surface area contributed by atoms with Crippen molar-refractivity contribution in [1.82, 2.24) is 5.32 Å². The van der Waals surface area contributed by atoms with Crippen molar-refractivity contribution in [3.63, 3.8) is 0 Å². The van der Waals surface area contributed by atoms with Crippen molar-refractivity contribution in [3.8, 4) is 0 Å². The van der Waals surface area contributed by atoms with Gasteiger partial charge in [-0.15, -0.1) is 0 Å². The molecule has 9 nitrogen and oxygen atoms in total. The molecule has 2 fully saturated rings. The highest BCUT2D eigenvalue weighted by Crippen LogP contribution is 2.42. The Morgan fingerprint density at radius 2 is 1.59 bits per heavy atom. The molecule has 11 heteroatoms. The van der Waals surface area contributed by atoms with Crippen molar-refractivity contribution < 1.29 is 22.4 Å². The molecule has 4 aromatic rings. The van der Waals surface area contributed by atoms with Crippen molar-refractivity contribution in [3.05, 3.63) is 88.9 Å². The standard InChI is InChI=1S/C17H21NO3.C15H19NO2S.C15H25NOS/c1-5-18(6-2)13-8-7-12-9-14(16(19)11(3)4)17(20)21-15(12)10-13;1-11(2)19(17,18)15-10-6-7-12-13(15)8-5-9-14(12)16(3)4;1-10(2)14(17)6-4-5-7-15-12-8-11(3)16-13(12)9-18-15/h7-11H,5-6H2,1-4H3;5-11H,1-4H3;10,12-13,15-16H,3-9H2,1-2H3/t;;12-,13-,15+/m..1/s1.